The summed E-state index contributed by atoms with van der Waals surface area (Å²) in [4.78, 5) is 26.4. The number of amides is 1. The highest BCUT2D eigenvalue weighted by molar-refractivity contribution is 5.87. The molecule has 1 atom stereocenters. The summed E-state index contributed by atoms with van der Waals surface area (Å²) in [7, 11) is 0. The predicted molar refractivity (Wildman–Crippen MR) is 90.4 cm³/mol. The van der Waals surface area contributed by atoms with Gasteiger partial charge in [-0.1, -0.05) is 25.1 Å². The van der Waals surface area contributed by atoms with Gasteiger partial charge in [-0.3, -0.25) is 4.79 Å². The Hall–Kier alpha value is -1.91. The van der Waals surface area contributed by atoms with Crippen molar-refractivity contribution < 1.29 is 18.7 Å². The van der Waals surface area contributed by atoms with E-state index in [1.54, 1.807) is 30.0 Å². The van der Waals surface area contributed by atoms with Gasteiger partial charge in [0.15, 0.2) is 0 Å². The molecule has 1 aliphatic heterocycles. The highest BCUT2D eigenvalue weighted by atomic mass is 19.1. The number of rotatable bonds is 3. The number of carbonyl (C=O) groups excluding carboxylic acids is 2. The molecule has 0 aliphatic carbocycles. The molecule has 1 aliphatic rings. The topological polar surface area (TPSA) is 46.6 Å². The Balaban J connectivity index is 1.93. The summed E-state index contributed by atoms with van der Waals surface area (Å²) >= 11 is 0. The number of hydrogen-bond donors (Lipinski definition) is 0. The van der Waals surface area contributed by atoms with Crippen LogP contribution in [0, 0.1) is 11.7 Å². The molecule has 0 bridgehead atoms. The van der Waals surface area contributed by atoms with Gasteiger partial charge in [-0.25, -0.2) is 9.18 Å². The minimum Gasteiger partial charge on any atom is -0.444 e. The second-order valence-electron chi connectivity index (χ2n) is 7.39. The molecule has 0 spiro atoms. The Morgan fingerprint density at radius 1 is 1.21 bits per heavy atom. The largest absolute Gasteiger partial charge is 0.444 e. The predicted octanol–water partition coefficient (Wildman–Crippen LogP) is 4.15. The van der Waals surface area contributed by atoms with E-state index in [0.29, 0.717) is 31.5 Å². The lowest BCUT2D eigenvalue weighted by Gasteiger charge is -2.33. The Kier molecular flexibility index (Phi) is 5.62. The molecular formula is C19H26FNO3. The van der Waals surface area contributed by atoms with Crippen LogP contribution in [0.25, 0.3) is 0 Å². The molecule has 0 N–H and O–H groups in total. The first-order chi connectivity index (χ1) is 11.2. The number of halogens is 1. The number of benzene rings is 1. The van der Waals surface area contributed by atoms with Gasteiger partial charge in [0.1, 0.15) is 17.2 Å². The smallest absolute Gasteiger partial charge is 0.410 e. The fraction of sp³-hybridized carbons (Fsp3) is 0.579. The maximum atomic E-state index is 13.9. The van der Waals surface area contributed by atoms with Crippen LogP contribution >= 0.6 is 0 Å². The molecule has 1 aromatic carbocycles. The third-order valence-corrected chi connectivity index (χ3v) is 4.35. The molecule has 1 aromatic rings. The van der Waals surface area contributed by atoms with Crippen molar-refractivity contribution in [3.63, 3.8) is 0 Å². The summed E-state index contributed by atoms with van der Waals surface area (Å²) in [5.41, 5.74) is -0.0830. The van der Waals surface area contributed by atoms with Crippen molar-refractivity contribution in [2.75, 3.05) is 13.1 Å². The number of Topliss-reactive ketones (excluding diaryl/α,β-unsaturated/α-hetero) is 1. The molecule has 1 saturated heterocycles. The quantitative estimate of drug-likeness (QED) is 0.834. The van der Waals surface area contributed by atoms with Gasteiger partial charge in [0.2, 0.25) is 0 Å². The minimum absolute atomic E-state index is 0.0453. The normalized spacial score (nSPS) is 17.5. The first kappa shape index (κ1) is 18.4. The van der Waals surface area contributed by atoms with Crippen molar-refractivity contribution in [2.45, 2.75) is 52.1 Å². The van der Waals surface area contributed by atoms with E-state index in [0.717, 1.165) is 0 Å². The van der Waals surface area contributed by atoms with Crippen molar-refractivity contribution in [1.82, 2.24) is 4.90 Å². The van der Waals surface area contributed by atoms with Crippen LogP contribution in [0.1, 0.15) is 52.0 Å². The van der Waals surface area contributed by atoms with Gasteiger partial charge in [-0.15, -0.1) is 0 Å². The summed E-state index contributed by atoms with van der Waals surface area (Å²) in [6.45, 7) is 8.23. The van der Waals surface area contributed by atoms with Crippen LogP contribution in [0.15, 0.2) is 24.3 Å². The summed E-state index contributed by atoms with van der Waals surface area (Å²) in [5.74, 6) is -0.906. The van der Waals surface area contributed by atoms with E-state index in [1.807, 2.05) is 20.8 Å². The first-order valence-electron chi connectivity index (χ1n) is 8.45. The summed E-state index contributed by atoms with van der Waals surface area (Å²) in [5, 5.41) is 0. The van der Waals surface area contributed by atoms with E-state index in [1.165, 1.54) is 6.07 Å². The molecular weight excluding hydrogens is 309 g/mol. The molecule has 1 heterocycles. The third kappa shape index (κ3) is 4.56. The molecule has 24 heavy (non-hydrogen) atoms. The SMILES string of the molecule is CC(C(=O)C1CCN(C(=O)OC(C)(C)C)CC1)c1ccccc1F. The average molecular weight is 335 g/mol. The number of likely N-dealkylation sites (tertiary alicyclic amines) is 1. The number of hydrogen-bond acceptors (Lipinski definition) is 3. The fourth-order valence-corrected chi connectivity index (χ4v) is 3.01. The molecule has 4 nitrogen and oxygen atoms in total. The molecule has 5 heteroatoms. The van der Waals surface area contributed by atoms with E-state index >= 15 is 0 Å². The zero-order valence-electron chi connectivity index (χ0n) is 14.8. The van der Waals surface area contributed by atoms with Crippen molar-refractivity contribution in [2.24, 2.45) is 5.92 Å². The van der Waals surface area contributed by atoms with E-state index in [9.17, 15) is 14.0 Å². The number of ketones is 1. The van der Waals surface area contributed by atoms with Gasteiger partial charge in [-0.05, 0) is 45.2 Å². The van der Waals surface area contributed by atoms with Crippen LogP contribution in [0.5, 0.6) is 0 Å². The summed E-state index contributed by atoms with van der Waals surface area (Å²) in [6, 6.07) is 6.40. The number of piperidine rings is 1. The van der Waals surface area contributed by atoms with Crippen molar-refractivity contribution in [3.8, 4) is 0 Å². The van der Waals surface area contributed by atoms with Crippen LogP contribution in [0.4, 0.5) is 9.18 Å². The maximum Gasteiger partial charge on any atom is 0.410 e. The highest BCUT2D eigenvalue weighted by Crippen LogP contribution is 2.28. The van der Waals surface area contributed by atoms with Gasteiger partial charge in [0, 0.05) is 24.9 Å². The van der Waals surface area contributed by atoms with E-state index < -0.39 is 11.5 Å². The summed E-state index contributed by atoms with van der Waals surface area (Å²) in [6.07, 6.45) is 0.851. The zero-order valence-corrected chi connectivity index (χ0v) is 14.8. The number of carbonyl (C=O) groups is 2. The Morgan fingerprint density at radius 2 is 1.79 bits per heavy atom. The first-order valence-corrected chi connectivity index (χ1v) is 8.45. The summed E-state index contributed by atoms with van der Waals surface area (Å²) < 4.78 is 19.2. The maximum absolute atomic E-state index is 13.9. The van der Waals surface area contributed by atoms with Gasteiger partial charge in [0.25, 0.3) is 0 Å². The molecule has 0 radical (unpaired) electrons. The third-order valence-electron chi connectivity index (χ3n) is 4.35. The molecule has 0 aromatic heterocycles. The minimum atomic E-state index is -0.525. The van der Waals surface area contributed by atoms with Crippen molar-refractivity contribution >= 4 is 11.9 Å². The standard InChI is InChI=1S/C19H26FNO3/c1-13(15-7-5-6-8-16(15)20)17(22)14-9-11-21(12-10-14)18(23)24-19(2,3)4/h5-8,13-14H,9-12H2,1-4H3. The van der Waals surface area contributed by atoms with E-state index in [4.69, 9.17) is 4.74 Å². The van der Waals surface area contributed by atoms with Gasteiger partial charge in [0.05, 0.1) is 0 Å². The second-order valence-corrected chi connectivity index (χ2v) is 7.39. The molecule has 1 unspecified atom stereocenters. The molecule has 1 fully saturated rings. The second kappa shape index (κ2) is 7.32. The van der Waals surface area contributed by atoms with Gasteiger partial charge in [-0.2, -0.15) is 0 Å². The lowest BCUT2D eigenvalue weighted by atomic mass is 9.83. The number of nitrogens with zero attached hydrogens (tertiary/aromatic N) is 1. The van der Waals surface area contributed by atoms with E-state index in [-0.39, 0.29) is 23.6 Å². The fourth-order valence-electron chi connectivity index (χ4n) is 3.01. The monoisotopic (exact) mass is 335 g/mol. The van der Waals surface area contributed by atoms with E-state index in [2.05, 4.69) is 0 Å². The van der Waals surface area contributed by atoms with Crippen LogP contribution in [-0.4, -0.2) is 35.5 Å². The highest BCUT2D eigenvalue weighted by Gasteiger charge is 2.32. The lowest BCUT2D eigenvalue weighted by molar-refractivity contribution is -0.125. The molecule has 132 valence electrons. The molecule has 1 amide bonds. The average Bonchev–Trinajstić information content (AvgIpc) is 2.52. The van der Waals surface area contributed by atoms with Crippen LogP contribution < -0.4 is 0 Å². The van der Waals surface area contributed by atoms with Gasteiger partial charge >= 0.3 is 6.09 Å². The van der Waals surface area contributed by atoms with Crippen molar-refractivity contribution in [1.29, 1.82) is 0 Å². The zero-order chi connectivity index (χ0) is 17.9. The number of ether oxygens (including phenoxy) is 1. The Bertz CT molecular complexity index is 601. The Labute approximate surface area is 143 Å². The van der Waals surface area contributed by atoms with Gasteiger partial charge < -0.3 is 9.64 Å². The molecule has 0 saturated carbocycles. The van der Waals surface area contributed by atoms with Crippen LogP contribution in [0.3, 0.4) is 0 Å². The lowest BCUT2D eigenvalue weighted by Crippen LogP contribution is -2.43. The van der Waals surface area contributed by atoms with Crippen LogP contribution in [-0.2, 0) is 9.53 Å². The molecule has 2 rings (SSSR count). The van der Waals surface area contributed by atoms with Crippen LogP contribution in [0.2, 0.25) is 0 Å². The van der Waals surface area contributed by atoms with Crippen molar-refractivity contribution in [3.05, 3.63) is 35.6 Å². The Morgan fingerprint density at radius 3 is 2.33 bits per heavy atom.